The van der Waals surface area contributed by atoms with Crippen LogP contribution in [0.5, 0.6) is 5.75 Å². The molecule has 5 rings (SSSR count). The lowest BCUT2D eigenvalue weighted by Gasteiger charge is -2.28. The molecule has 2 aliphatic heterocycles. The zero-order chi connectivity index (χ0) is 20.0. The van der Waals surface area contributed by atoms with Gasteiger partial charge >= 0.3 is 0 Å². The molecule has 0 saturated carbocycles. The molecular formula is C22H20FN3O3. The van der Waals surface area contributed by atoms with Gasteiger partial charge in [0.2, 0.25) is 0 Å². The number of nitrogens with one attached hydrogen (secondary N) is 1. The number of carbonyl (C=O) groups is 1. The van der Waals surface area contributed by atoms with E-state index in [2.05, 4.69) is 10.2 Å². The third-order valence-corrected chi connectivity index (χ3v) is 5.63. The van der Waals surface area contributed by atoms with E-state index in [9.17, 15) is 14.3 Å². The molecule has 2 N–H and O–H groups in total. The molecule has 2 aromatic carbocycles. The van der Waals surface area contributed by atoms with Gasteiger partial charge in [-0.2, -0.15) is 5.10 Å². The van der Waals surface area contributed by atoms with Crippen LogP contribution in [0.2, 0.25) is 0 Å². The number of aromatic nitrogens is 2. The highest BCUT2D eigenvalue weighted by atomic mass is 19.1. The SMILES string of the molecule is O=C1c2[nH]nc(-c3ccccc3O)c2[C@H](c2ccc(F)cc2)N1C[C@H]1CCCO1. The largest absolute Gasteiger partial charge is 0.507 e. The average Bonchev–Trinajstić information content (AvgIpc) is 3.44. The first-order chi connectivity index (χ1) is 14.1. The van der Waals surface area contributed by atoms with Crippen molar-refractivity contribution in [3.05, 3.63) is 71.2 Å². The Morgan fingerprint density at radius 3 is 2.72 bits per heavy atom. The average molecular weight is 393 g/mol. The predicted molar refractivity (Wildman–Crippen MR) is 104 cm³/mol. The van der Waals surface area contributed by atoms with E-state index in [-0.39, 0.29) is 23.6 Å². The molecule has 0 unspecified atom stereocenters. The molecule has 2 aliphatic rings. The minimum Gasteiger partial charge on any atom is -0.507 e. The Kier molecular flexibility index (Phi) is 4.32. The molecule has 3 heterocycles. The van der Waals surface area contributed by atoms with E-state index < -0.39 is 6.04 Å². The maximum Gasteiger partial charge on any atom is 0.273 e. The number of hydrogen-bond donors (Lipinski definition) is 2. The van der Waals surface area contributed by atoms with E-state index in [0.717, 1.165) is 18.4 Å². The molecule has 29 heavy (non-hydrogen) atoms. The number of aromatic amines is 1. The number of rotatable bonds is 4. The quantitative estimate of drug-likeness (QED) is 0.709. The standard InChI is InChI=1S/C22H20FN3O3/c23-14-9-7-13(8-10-14)21-18-19(16-5-1-2-6-17(16)27)24-25-20(18)22(28)26(21)12-15-4-3-11-29-15/h1-2,5-10,15,21,27H,3-4,11-12H2,(H,24,25)/t15-,21+/m1/s1. The summed E-state index contributed by atoms with van der Waals surface area (Å²) in [5.74, 6) is -0.416. The highest BCUT2D eigenvalue weighted by Crippen LogP contribution is 2.44. The Hall–Kier alpha value is -3.19. The van der Waals surface area contributed by atoms with Gasteiger partial charge in [-0.05, 0) is 42.7 Å². The summed E-state index contributed by atoms with van der Waals surface area (Å²) >= 11 is 0. The molecule has 0 bridgehead atoms. The fourth-order valence-electron chi connectivity index (χ4n) is 4.26. The summed E-state index contributed by atoms with van der Waals surface area (Å²) in [7, 11) is 0. The zero-order valence-corrected chi connectivity index (χ0v) is 15.6. The lowest BCUT2D eigenvalue weighted by atomic mass is 9.95. The lowest BCUT2D eigenvalue weighted by Crippen LogP contribution is -2.36. The highest BCUT2D eigenvalue weighted by molar-refractivity contribution is 6.00. The number of amides is 1. The van der Waals surface area contributed by atoms with Crippen molar-refractivity contribution in [2.24, 2.45) is 0 Å². The van der Waals surface area contributed by atoms with Crippen molar-refractivity contribution in [2.45, 2.75) is 25.0 Å². The summed E-state index contributed by atoms with van der Waals surface area (Å²) in [5.41, 5.74) is 2.95. The number of carbonyl (C=O) groups excluding carboxylic acids is 1. The van der Waals surface area contributed by atoms with Gasteiger partial charge in [0.25, 0.3) is 5.91 Å². The number of phenols is 1. The van der Waals surface area contributed by atoms with Crippen LogP contribution >= 0.6 is 0 Å². The summed E-state index contributed by atoms with van der Waals surface area (Å²) in [6.07, 6.45) is 1.86. The second-order valence-corrected chi connectivity index (χ2v) is 7.42. The molecule has 1 saturated heterocycles. The summed E-state index contributed by atoms with van der Waals surface area (Å²) < 4.78 is 19.3. The molecule has 148 valence electrons. The van der Waals surface area contributed by atoms with Crippen LogP contribution < -0.4 is 0 Å². The van der Waals surface area contributed by atoms with E-state index >= 15 is 0 Å². The predicted octanol–water partition coefficient (Wildman–Crippen LogP) is 3.65. The number of benzene rings is 2. The summed E-state index contributed by atoms with van der Waals surface area (Å²) in [5, 5.41) is 17.5. The van der Waals surface area contributed by atoms with Crippen LogP contribution in [0, 0.1) is 5.82 Å². The molecule has 6 nitrogen and oxygen atoms in total. The number of para-hydroxylation sites is 1. The van der Waals surface area contributed by atoms with Crippen molar-refractivity contribution in [1.82, 2.24) is 15.1 Å². The molecular weight excluding hydrogens is 373 g/mol. The number of fused-ring (bicyclic) bond motifs is 1. The van der Waals surface area contributed by atoms with Crippen molar-refractivity contribution < 1.29 is 19.0 Å². The maximum absolute atomic E-state index is 13.6. The van der Waals surface area contributed by atoms with Gasteiger partial charge < -0.3 is 14.7 Å². The second-order valence-electron chi connectivity index (χ2n) is 7.42. The Balaban J connectivity index is 1.64. The van der Waals surface area contributed by atoms with Crippen molar-refractivity contribution in [3.63, 3.8) is 0 Å². The lowest BCUT2D eigenvalue weighted by molar-refractivity contribution is 0.0495. The van der Waals surface area contributed by atoms with Crippen molar-refractivity contribution in [3.8, 4) is 17.0 Å². The van der Waals surface area contributed by atoms with Crippen LogP contribution in [0.4, 0.5) is 4.39 Å². The number of hydrogen-bond acceptors (Lipinski definition) is 4. The van der Waals surface area contributed by atoms with E-state index in [1.54, 1.807) is 35.2 Å². The minimum atomic E-state index is -0.435. The van der Waals surface area contributed by atoms with Crippen LogP contribution in [-0.2, 0) is 4.74 Å². The van der Waals surface area contributed by atoms with E-state index in [4.69, 9.17) is 4.74 Å². The maximum atomic E-state index is 13.6. The first-order valence-electron chi connectivity index (χ1n) is 9.68. The van der Waals surface area contributed by atoms with Crippen molar-refractivity contribution >= 4 is 5.91 Å². The van der Waals surface area contributed by atoms with Crippen LogP contribution in [0.25, 0.3) is 11.3 Å². The second kappa shape index (κ2) is 7.00. The summed E-state index contributed by atoms with van der Waals surface area (Å²) in [6.45, 7) is 1.15. The molecule has 7 heteroatoms. The van der Waals surface area contributed by atoms with Gasteiger partial charge in [0.15, 0.2) is 0 Å². The van der Waals surface area contributed by atoms with Crippen LogP contribution in [-0.4, -0.2) is 45.4 Å². The summed E-state index contributed by atoms with van der Waals surface area (Å²) in [6, 6.07) is 12.6. The van der Waals surface area contributed by atoms with Gasteiger partial charge in [-0.25, -0.2) is 4.39 Å². The molecule has 1 amide bonds. The fraction of sp³-hybridized carbons (Fsp3) is 0.273. The molecule has 2 atom stereocenters. The number of halogens is 1. The molecule has 0 radical (unpaired) electrons. The number of phenolic OH excluding ortho intramolecular Hbond substituents is 1. The Morgan fingerprint density at radius 1 is 1.21 bits per heavy atom. The first-order valence-corrected chi connectivity index (χ1v) is 9.68. The van der Waals surface area contributed by atoms with Crippen LogP contribution in [0.1, 0.15) is 40.5 Å². The van der Waals surface area contributed by atoms with Gasteiger partial charge in [-0.1, -0.05) is 24.3 Å². The third-order valence-electron chi connectivity index (χ3n) is 5.63. The third kappa shape index (κ3) is 2.98. The topological polar surface area (TPSA) is 78.5 Å². The van der Waals surface area contributed by atoms with Crippen molar-refractivity contribution in [1.29, 1.82) is 0 Å². The molecule has 0 aliphatic carbocycles. The molecule has 3 aromatic rings. The van der Waals surface area contributed by atoms with Crippen LogP contribution in [0.15, 0.2) is 48.5 Å². The van der Waals surface area contributed by atoms with Gasteiger partial charge in [0, 0.05) is 24.3 Å². The van der Waals surface area contributed by atoms with E-state index in [1.807, 2.05) is 6.07 Å². The number of ether oxygens (including phenoxy) is 1. The summed E-state index contributed by atoms with van der Waals surface area (Å²) in [4.78, 5) is 15.0. The zero-order valence-electron chi connectivity index (χ0n) is 15.6. The first kappa shape index (κ1) is 17.9. The Morgan fingerprint density at radius 2 is 2.00 bits per heavy atom. The van der Waals surface area contributed by atoms with Gasteiger partial charge in [0.1, 0.15) is 23.0 Å². The Bertz CT molecular complexity index is 1060. The smallest absolute Gasteiger partial charge is 0.273 e. The Labute approximate surface area is 166 Å². The molecule has 1 fully saturated rings. The highest BCUT2D eigenvalue weighted by Gasteiger charge is 2.43. The molecule has 1 aromatic heterocycles. The molecule has 0 spiro atoms. The number of aromatic hydroxyl groups is 1. The monoisotopic (exact) mass is 393 g/mol. The number of nitrogens with zero attached hydrogens (tertiary/aromatic N) is 2. The van der Waals surface area contributed by atoms with Crippen molar-refractivity contribution in [2.75, 3.05) is 13.2 Å². The van der Waals surface area contributed by atoms with E-state index in [1.165, 1.54) is 12.1 Å². The fourth-order valence-corrected chi connectivity index (χ4v) is 4.26. The van der Waals surface area contributed by atoms with Gasteiger partial charge in [0.05, 0.1) is 12.1 Å². The van der Waals surface area contributed by atoms with Gasteiger partial charge in [-0.15, -0.1) is 0 Å². The van der Waals surface area contributed by atoms with E-state index in [0.29, 0.717) is 35.7 Å². The normalized spacial score (nSPS) is 21.0. The van der Waals surface area contributed by atoms with Gasteiger partial charge in [-0.3, -0.25) is 9.89 Å². The number of H-pyrrole nitrogens is 1. The minimum absolute atomic E-state index is 0.0209. The van der Waals surface area contributed by atoms with Crippen LogP contribution in [0.3, 0.4) is 0 Å².